The number of rotatable bonds is 4. The highest BCUT2D eigenvalue weighted by molar-refractivity contribution is 6.30. The number of hydrogen-bond acceptors (Lipinski definition) is 5. The van der Waals surface area contributed by atoms with E-state index in [-0.39, 0.29) is 0 Å². The van der Waals surface area contributed by atoms with Gasteiger partial charge in [0.05, 0.1) is 11.3 Å². The molecule has 0 spiro atoms. The van der Waals surface area contributed by atoms with Gasteiger partial charge in [0.1, 0.15) is 5.82 Å². The highest BCUT2D eigenvalue weighted by Gasteiger charge is 2.16. The van der Waals surface area contributed by atoms with Crippen LogP contribution in [0.25, 0.3) is 11.1 Å². The average Bonchev–Trinajstić information content (AvgIpc) is 3.24. The monoisotopic (exact) mass is 409 g/mol. The van der Waals surface area contributed by atoms with Crippen molar-refractivity contribution in [3.05, 3.63) is 65.6 Å². The number of nitrogens with zero attached hydrogens (tertiary/aromatic N) is 3. The van der Waals surface area contributed by atoms with Gasteiger partial charge in [0.15, 0.2) is 5.84 Å². The third kappa shape index (κ3) is 4.42. The van der Waals surface area contributed by atoms with Crippen LogP contribution in [0.5, 0.6) is 0 Å². The molecule has 29 heavy (non-hydrogen) atoms. The molecule has 1 saturated heterocycles. The number of aromatic nitrogens is 2. The summed E-state index contributed by atoms with van der Waals surface area (Å²) < 4.78 is 2.29. The molecule has 1 aliphatic heterocycles. The Morgan fingerprint density at radius 3 is 2.79 bits per heavy atom. The number of anilines is 1. The lowest BCUT2D eigenvalue weighted by Gasteiger charge is -2.24. The molecule has 0 saturated carbocycles. The number of aliphatic imine (C=N–C) groups is 1. The van der Waals surface area contributed by atoms with Crippen LogP contribution >= 0.6 is 11.6 Å². The van der Waals surface area contributed by atoms with E-state index < -0.39 is 0 Å². The minimum absolute atomic E-state index is 0.352. The predicted molar refractivity (Wildman–Crippen MR) is 118 cm³/mol. The second-order valence-corrected chi connectivity index (χ2v) is 7.51. The van der Waals surface area contributed by atoms with Crippen LogP contribution in [0.1, 0.15) is 24.4 Å². The van der Waals surface area contributed by atoms with Crippen molar-refractivity contribution in [3.8, 4) is 11.1 Å². The Morgan fingerprint density at radius 1 is 1.21 bits per heavy atom. The van der Waals surface area contributed by atoms with Gasteiger partial charge in [-0.3, -0.25) is 0 Å². The number of nitrogens with two attached hydrogens (primary N) is 2. The number of benzene rings is 1. The summed E-state index contributed by atoms with van der Waals surface area (Å²) in [5, 5.41) is 4.00. The van der Waals surface area contributed by atoms with Crippen molar-refractivity contribution in [2.75, 3.05) is 18.8 Å². The maximum Gasteiger partial charge on any atom is 0.151 e. The lowest BCUT2D eigenvalue weighted by molar-refractivity contribution is 0.369. The maximum absolute atomic E-state index is 6.12. The summed E-state index contributed by atoms with van der Waals surface area (Å²) in [6, 6.07) is 11.8. The Morgan fingerprint density at radius 2 is 2.03 bits per heavy atom. The zero-order chi connectivity index (χ0) is 20.2. The van der Waals surface area contributed by atoms with E-state index in [1.165, 1.54) is 0 Å². The minimum atomic E-state index is 0.352. The summed E-state index contributed by atoms with van der Waals surface area (Å²) in [7, 11) is 0. The molecule has 1 aromatic carbocycles. The third-order valence-electron chi connectivity index (χ3n) is 5.14. The molecule has 0 atom stereocenters. The van der Waals surface area contributed by atoms with Crippen LogP contribution in [0.2, 0.25) is 5.02 Å². The number of hydrazine groups is 1. The molecular weight excluding hydrogens is 386 g/mol. The standard InChI is InChI=1S/C21H24ClN7/c22-16-2-1-3-17(11-16)27-21(28-24)19-10-15(12-26-20(19)23)14-6-9-29(13-14)18-4-7-25-8-5-18/h1-3,6,9-13,18,25H,4-5,7-8,24H2,(H2,23,26)(H,27,28). The summed E-state index contributed by atoms with van der Waals surface area (Å²) in [5.74, 6) is 6.52. The molecule has 1 aliphatic rings. The molecule has 2 aromatic heterocycles. The molecule has 7 nitrogen and oxygen atoms in total. The van der Waals surface area contributed by atoms with E-state index in [9.17, 15) is 0 Å². The Hall–Kier alpha value is -2.87. The fraction of sp³-hybridized carbons (Fsp3) is 0.238. The Labute approximate surface area is 174 Å². The van der Waals surface area contributed by atoms with Gasteiger partial charge < -0.3 is 21.0 Å². The third-order valence-corrected chi connectivity index (χ3v) is 5.37. The number of hydrogen-bond donors (Lipinski definition) is 4. The van der Waals surface area contributed by atoms with Gasteiger partial charge in [-0.1, -0.05) is 17.7 Å². The van der Waals surface area contributed by atoms with E-state index in [4.69, 9.17) is 23.2 Å². The Balaban J connectivity index is 1.66. The first-order chi connectivity index (χ1) is 14.1. The van der Waals surface area contributed by atoms with E-state index in [0.717, 1.165) is 37.1 Å². The molecular formula is C21H24ClN7. The summed E-state index contributed by atoms with van der Waals surface area (Å²) in [5.41, 5.74) is 12.1. The molecule has 0 amide bonds. The molecule has 0 radical (unpaired) electrons. The van der Waals surface area contributed by atoms with Crippen LogP contribution in [-0.2, 0) is 0 Å². The fourth-order valence-electron chi connectivity index (χ4n) is 3.58. The zero-order valence-corrected chi connectivity index (χ0v) is 16.7. The number of halogens is 1. The SMILES string of the molecule is NNC(=Nc1cccc(Cl)c1)c1cc(-c2ccn(C3CCNCC3)c2)cnc1N. The lowest BCUT2D eigenvalue weighted by atomic mass is 10.1. The van der Waals surface area contributed by atoms with Crippen molar-refractivity contribution >= 4 is 28.9 Å². The average molecular weight is 410 g/mol. The molecule has 3 heterocycles. The quantitative estimate of drug-likeness (QED) is 0.229. The first-order valence-electron chi connectivity index (χ1n) is 9.59. The zero-order valence-electron chi connectivity index (χ0n) is 16.0. The summed E-state index contributed by atoms with van der Waals surface area (Å²) in [6.45, 7) is 2.11. The molecule has 0 unspecified atom stereocenters. The number of nitrogens with one attached hydrogen (secondary N) is 2. The van der Waals surface area contributed by atoms with Gasteiger partial charge in [0.25, 0.3) is 0 Å². The second-order valence-electron chi connectivity index (χ2n) is 7.07. The fourth-order valence-corrected chi connectivity index (χ4v) is 3.77. The minimum Gasteiger partial charge on any atom is -0.383 e. The largest absolute Gasteiger partial charge is 0.383 e. The lowest BCUT2D eigenvalue weighted by Crippen LogP contribution is -2.31. The van der Waals surface area contributed by atoms with Crippen molar-refractivity contribution in [2.45, 2.75) is 18.9 Å². The highest BCUT2D eigenvalue weighted by atomic mass is 35.5. The number of pyridine rings is 1. The van der Waals surface area contributed by atoms with Crippen LogP contribution in [0.3, 0.4) is 0 Å². The van der Waals surface area contributed by atoms with E-state index in [0.29, 0.717) is 34.0 Å². The first kappa shape index (κ1) is 19.4. The second kappa shape index (κ2) is 8.65. The normalized spacial score (nSPS) is 15.4. The molecule has 0 bridgehead atoms. The molecule has 0 aliphatic carbocycles. The summed E-state index contributed by atoms with van der Waals surface area (Å²) in [6.07, 6.45) is 8.33. The van der Waals surface area contributed by atoms with Gasteiger partial charge in [0.2, 0.25) is 0 Å². The summed E-state index contributed by atoms with van der Waals surface area (Å²) >= 11 is 6.06. The van der Waals surface area contributed by atoms with Crippen LogP contribution < -0.4 is 22.3 Å². The van der Waals surface area contributed by atoms with Crippen molar-refractivity contribution in [1.29, 1.82) is 0 Å². The van der Waals surface area contributed by atoms with E-state index in [1.54, 1.807) is 18.3 Å². The predicted octanol–water partition coefficient (Wildman–Crippen LogP) is 3.25. The molecule has 4 rings (SSSR count). The van der Waals surface area contributed by atoms with Gasteiger partial charge in [0, 0.05) is 40.8 Å². The van der Waals surface area contributed by atoms with Crippen LogP contribution in [0, 0.1) is 0 Å². The maximum atomic E-state index is 6.12. The number of nitrogen functional groups attached to an aromatic ring is 1. The topological polar surface area (TPSA) is 106 Å². The Bertz CT molecular complexity index is 1020. The van der Waals surface area contributed by atoms with Gasteiger partial charge >= 0.3 is 0 Å². The van der Waals surface area contributed by atoms with Gasteiger partial charge in [-0.15, -0.1) is 0 Å². The van der Waals surface area contributed by atoms with Gasteiger partial charge in [-0.2, -0.15) is 0 Å². The molecule has 1 fully saturated rings. The van der Waals surface area contributed by atoms with Crippen LogP contribution in [0.4, 0.5) is 11.5 Å². The van der Waals surface area contributed by atoms with Crippen molar-refractivity contribution < 1.29 is 0 Å². The molecule has 6 N–H and O–H groups in total. The van der Waals surface area contributed by atoms with Crippen molar-refractivity contribution in [1.82, 2.24) is 20.3 Å². The van der Waals surface area contributed by atoms with E-state index in [2.05, 4.69) is 43.7 Å². The van der Waals surface area contributed by atoms with Crippen LogP contribution in [0.15, 0.2) is 60.0 Å². The molecule has 8 heteroatoms. The highest BCUT2D eigenvalue weighted by Crippen LogP contribution is 2.27. The summed E-state index contributed by atoms with van der Waals surface area (Å²) in [4.78, 5) is 8.91. The van der Waals surface area contributed by atoms with Gasteiger partial charge in [-0.25, -0.2) is 15.8 Å². The van der Waals surface area contributed by atoms with E-state index in [1.807, 2.05) is 18.2 Å². The van der Waals surface area contributed by atoms with Gasteiger partial charge in [-0.05, 0) is 56.3 Å². The number of amidine groups is 1. The molecule has 3 aromatic rings. The molecule has 150 valence electrons. The van der Waals surface area contributed by atoms with Crippen LogP contribution in [-0.4, -0.2) is 28.5 Å². The number of piperidine rings is 1. The Kier molecular flexibility index (Phi) is 5.80. The smallest absolute Gasteiger partial charge is 0.151 e. The van der Waals surface area contributed by atoms with E-state index >= 15 is 0 Å². The van der Waals surface area contributed by atoms with Crippen molar-refractivity contribution in [2.24, 2.45) is 10.8 Å². The van der Waals surface area contributed by atoms with Crippen molar-refractivity contribution in [3.63, 3.8) is 0 Å². The first-order valence-corrected chi connectivity index (χ1v) is 9.97.